The molecule has 1 unspecified atom stereocenters. The molecular formula is C33H24ClNO4S. The monoisotopic (exact) mass is 565 g/mol. The maximum atomic E-state index is 13.0. The number of halogens is 1. The Morgan fingerprint density at radius 1 is 0.850 bits per heavy atom. The minimum absolute atomic E-state index is 0.142. The van der Waals surface area contributed by atoms with Crippen LogP contribution >= 0.6 is 22.9 Å². The van der Waals surface area contributed by atoms with E-state index in [1.807, 2.05) is 72.8 Å². The SMILES string of the molecule is O=C(NC(Cc1ccc(OCc2ccc(Cl)cc2)cc1)C(=O)O)c1cc2cc(C#Cc3ccccc3)ccc2s1. The third-order valence-corrected chi connectivity index (χ3v) is 7.52. The van der Waals surface area contributed by atoms with Gasteiger partial charge in [-0.2, -0.15) is 0 Å². The first kappa shape index (κ1) is 27.0. The average molecular weight is 566 g/mol. The predicted molar refractivity (Wildman–Crippen MR) is 159 cm³/mol. The van der Waals surface area contributed by atoms with Crippen molar-refractivity contribution in [1.82, 2.24) is 5.32 Å². The smallest absolute Gasteiger partial charge is 0.326 e. The first-order valence-electron chi connectivity index (χ1n) is 12.5. The van der Waals surface area contributed by atoms with Gasteiger partial charge in [-0.3, -0.25) is 4.79 Å². The molecule has 0 spiro atoms. The molecule has 5 aromatic rings. The van der Waals surface area contributed by atoms with Gasteiger partial charge in [-0.25, -0.2) is 4.79 Å². The Balaban J connectivity index is 1.21. The van der Waals surface area contributed by atoms with Crippen molar-refractivity contribution in [1.29, 1.82) is 0 Å². The maximum absolute atomic E-state index is 13.0. The van der Waals surface area contributed by atoms with Gasteiger partial charge in [0.05, 0.1) is 4.88 Å². The molecule has 0 aliphatic rings. The van der Waals surface area contributed by atoms with Gasteiger partial charge in [0, 0.05) is 27.3 Å². The lowest BCUT2D eigenvalue weighted by Crippen LogP contribution is -2.42. The van der Waals surface area contributed by atoms with Crippen molar-refractivity contribution < 1.29 is 19.4 Å². The van der Waals surface area contributed by atoms with Crippen molar-refractivity contribution in [3.8, 4) is 17.6 Å². The van der Waals surface area contributed by atoms with Crippen LogP contribution in [0.15, 0.2) is 103 Å². The van der Waals surface area contributed by atoms with E-state index in [1.54, 1.807) is 30.3 Å². The number of ether oxygens (including phenoxy) is 1. The molecule has 0 saturated carbocycles. The quantitative estimate of drug-likeness (QED) is 0.199. The summed E-state index contributed by atoms with van der Waals surface area (Å²) in [7, 11) is 0. The molecule has 0 saturated heterocycles. The highest BCUT2D eigenvalue weighted by Crippen LogP contribution is 2.27. The molecule has 1 atom stereocenters. The average Bonchev–Trinajstić information content (AvgIpc) is 3.40. The number of benzene rings is 4. The highest BCUT2D eigenvalue weighted by molar-refractivity contribution is 7.20. The predicted octanol–water partition coefficient (Wildman–Crippen LogP) is 6.96. The van der Waals surface area contributed by atoms with Crippen LogP contribution in [0.3, 0.4) is 0 Å². The van der Waals surface area contributed by atoms with Gasteiger partial charge in [0.1, 0.15) is 18.4 Å². The van der Waals surface area contributed by atoms with E-state index in [4.69, 9.17) is 16.3 Å². The fourth-order valence-electron chi connectivity index (χ4n) is 4.03. The Bertz CT molecular complexity index is 1700. The topological polar surface area (TPSA) is 75.6 Å². The number of carbonyl (C=O) groups excluding carboxylic acids is 1. The van der Waals surface area contributed by atoms with E-state index in [9.17, 15) is 14.7 Å². The fourth-order valence-corrected chi connectivity index (χ4v) is 5.11. The summed E-state index contributed by atoms with van der Waals surface area (Å²) in [6.45, 7) is 0.389. The molecule has 40 heavy (non-hydrogen) atoms. The van der Waals surface area contributed by atoms with Crippen LogP contribution in [-0.2, 0) is 17.8 Å². The van der Waals surface area contributed by atoms with Gasteiger partial charge < -0.3 is 15.2 Å². The summed E-state index contributed by atoms with van der Waals surface area (Å²) in [5, 5.41) is 14.0. The van der Waals surface area contributed by atoms with Crippen molar-refractivity contribution in [3.63, 3.8) is 0 Å². The van der Waals surface area contributed by atoms with Gasteiger partial charge in [-0.05, 0) is 77.2 Å². The molecule has 5 nitrogen and oxygen atoms in total. The number of carboxylic acids is 1. The van der Waals surface area contributed by atoms with E-state index >= 15 is 0 Å². The second kappa shape index (κ2) is 12.5. The minimum atomic E-state index is -1.10. The lowest BCUT2D eigenvalue weighted by atomic mass is 10.1. The zero-order valence-corrected chi connectivity index (χ0v) is 22.8. The maximum Gasteiger partial charge on any atom is 0.326 e. The molecule has 0 bridgehead atoms. The first-order chi connectivity index (χ1) is 19.4. The van der Waals surface area contributed by atoms with Gasteiger partial charge in [0.2, 0.25) is 0 Å². The number of carbonyl (C=O) groups is 2. The second-order valence-corrected chi connectivity index (χ2v) is 10.6. The number of thiophene rings is 1. The van der Waals surface area contributed by atoms with E-state index in [1.165, 1.54) is 11.3 Å². The molecule has 7 heteroatoms. The standard InChI is InChI=1S/C33H24ClNO4S/c34-27-13-8-25(9-14-27)21-39-28-15-10-24(11-16-28)19-29(33(37)38)35-32(36)31-20-26-18-23(12-17-30(26)40-31)7-6-22-4-2-1-3-5-22/h1-5,8-18,20,29H,19,21H2,(H,35,36)(H,37,38). The molecule has 1 heterocycles. The molecular weight excluding hydrogens is 542 g/mol. The first-order valence-corrected chi connectivity index (χ1v) is 13.7. The molecule has 198 valence electrons. The third-order valence-electron chi connectivity index (χ3n) is 6.15. The Kier molecular flexibility index (Phi) is 8.46. The highest BCUT2D eigenvalue weighted by Gasteiger charge is 2.22. The molecule has 2 N–H and O–H groups in total. The molecule has 0 radical (unpaired) electrons. The summed E-state index contributed by atoms with van der Waals surface area (Å²) in [5.41, 5.74) is 3.52. The third kappa shape index (κ3) is 7.09. The van der Waals surface area contributed by atoms with Gasteiger partial charge >= 0.3 is 5.97 Å². The summed E-state index contributed by atoms with van der Waals surface area (Å²) in [5.74, 6) is 5.42. The zero-order chi connectivity index (χ0) is 27.9. The number of nitrogens with one attached hydrogen (secondary N) is 1. The summed E-state index contributed by atoms with van der Waals surface area (Å²) in [4.78, 5) is 25.4. The second-order valence-electron chi connectivity index (χ2n) is 9.11. The number of fused-ring (bicyclic) bond motifs is 1. The van der Waals surface area contributed by atoms with E-state index in [2.05, 4.69) is 17.2 Å². The summed E-state index contributed by atoms with van der Waals surface area (Å²) < 4.78 is 6.73. The van der Waals surface area contributed by atoms with Gasteiger partial charge in [0.25, 0.3) is 5.91 Å². The number of hydrogen-bond acceptors (Lipinski definition) is 4. The highest BCUT2D eigenvalue weighted by atomic mass is 35.5. The van der Waals surface area contributed by atoms with Crippen molar-refractivity contribution in [2.45, 2.75) is 19.1 Å². The number of hydrogen-bond donors (Lipinski definition) is 2. The zero-order valence-electron chi connectivity index (χ0n) is 21.3. The van der Waals surface area contributed by atoms with Crippen molar-refractivity contribution >= 4 is 44.9 Å². The molecule has 0 fully saturated rings. The van der Waals surface area contributed by atoms with Gasteiger partial charge in [-0.15, -0.1) is 11.3 Å². The number of aliphatic carboxylic acids is 1. The lowest BCUT2D eigenvalue weighted by Gasteiger charge is -2.14. The van der Waals surface area contributed by atoms with Crippen LogP contribution in [0.5, 0.6) is 5.75 Å². The van der Waals surface area contributed by atoms with Crippen molar-refractivity contribution in [2.75, 3.05) is 0 Å². The molecule has 0 aliphatic carbocycles. The molecule has 5 rings (SSSR count). The summed E-state index contributed by atoms with van der Waals surface area (Å²) in [6, 6.07) is 30.8. The van der Waals surface area contributed by atoms with Crippen LogP contribution in [0, 0.1) is 11.8 Å². The normalized spacial score (nSPS) is 11.3. The van der Waals surface area contributed by atoms with Crippen LogP contribution in [0.4, 0.5) is 0 Å². The van der Waals surface area contributed by atoms with Crippen LogP contribution in [0.2, 0.25) is 5.02 Å². The van der Waals surface area contributed by atoms with E-state index in [0.717, 1.165) is 32.3 Å². The molecule has 4 aromatic carbocycles. The Labute approximate surface area is 241 Å². The van der Waals surface area contributed by atoms with Gasteiger partial charge in [-0.1, -0.05) is 65.9 Å². The van der Waals surface area contributed by atoms with Crippen molar-refractivity contribution in [3.05, 3.63) is 135 Å². The van der Waals surface area contributed by atoms with Crippen LogP contribution in [-0.4, -0.2) is 23.0 Å². The summed E-state index contributed by atoms with van der Waals surface area (Å²) >= 11 is 7.23. The molecule has 1 aromatic heterocycles. The fraction of sp³-hybridized carbons (Fsp3) is 0.0909. The number of amides is 1. The Hall–Kier alpha value is -4.57. The van der Waals surface area contributed by atoms with Crippen LogP contribution in [0.25, 0.3) is 10.1 Å². The van der Waals surface area contributed by atoms with E-state index in [-0.39, 0.29) is 6.42 Å². The van der Waals surface area contributed by atoms with E-state index in [0.29, 0.717) is 22.3 Å². The van der Waals surface area contributed by atoms with E-state index < -0.39 is 17.9 Å². The largest absolute Gasteiger partial charge is 0.489 e. The number of rotatable bonds is 8. The Morgan fingerprint density at radius 2 is 1.55 bits per heavy atom. The van der Waals surface area contributed by atoms with Crippen LogP contribution < -0.4 is 10.1 Å². The van der Waals surface area contributed by atoms with Crippen molar-refractivity contribution in [2.24, 2.45) is 0 Å². The lowest BCUT2D eigenvalue weighted by molar-refractivity contribution is -0.139. The number of carboxylic acid groups (broad SMARTS) is 1. The van der Waals surface area contributed by atoms with Gasteiger partial charge in [0.15, 0.2) is 0 Å². The molecule has 1 amide bonds. The van der Waals surface area contributed by atoms with Crippen LogP contribution in [0.1, 0.15) is 31.9 Å². The Morgan fingerprint density at radius 3 is 2.27 bits per heavy atom. The molecule has 0 aliphatic heterocycles. The summed E-state index contributed by atoms with van der Waals surface area (Å²) in [6.07, 6.45) is 0.142. The minimum Gasteiger partial charge on any atom is -0.489 e.